The van der Waals surface area contributed by atoms with Crippen molar-refractivity contribution in [3.8, 4) is 0 Å². The van der Waals surface area contributed by atoms with E-state index >= 15 is 0 Å². The van der Waals surface area contributed by atoms with E-state index in [-0.39, 0.29) is 6.10 Å². The number of aliphatic hydroxyl groups excluding tert-OH is 1. The SMILES string of the molecule is O[C@H](CI)c1cc(Br)cs1. The summed E-state index contributed by atoms with van der Waals surface area (Å²) in [4.78, 5) is 1.03. The van der Waals surface area contributed by atoms with Crippen molar-refractivity contribution in [3.05, 3.63) is 20.8 Å². The fourth-order valence-corrected chi connectivity index (χ4v) is 2.78. The van der Waals surface area contributed by atoms with Crippen LogP contribution >= 0.6 is 49.9 Å². The van der Waals surface area contributed by atoms with E-state index in [9.17, 15) is 5.11 Å². The molecule has 0 bridgehead atoms. The highest BCUT2D eigenvalue weighted by Crippen LogP contribution is 2.26. The quantitative estimate of drug-likeness (QED) is 0.652. The van der Waals surface area contributed by atoms with E-state index in [4.69, 9.17) is 0 Å². The Morgan fingerprint density at radius 2 is 2.50 bits per heavy atom. The minimum Gasteiger partial charge on any atom is -0.387 e. The highest BCUT2D eigenvalue weighted by atomic mass is 127. The molecule has 1 aromatic heterocycles. The third kappa shape index (κ3) is 2.18. The van der Waals surface area contributed by atoms with E-state index in [1.165, 1.54) is 0 Å². The fraction of sp³-hybridized carbons (Fsp3) is 0.333. The van der Waals surface area contributed by atoms with Gasteiger partial charge in [0, 0.05) is 19.2 Å². The van der Waals surface area contributed by atoms with Crippen molar-refractivity contribution in [3.63, 3.8) is 0 Å². The zero-order valence-electron chi connectivity index (χ0n) is 5.05. The molecule has 0 aliphatic carbocycles. The van der Waals surface area contributed by atoms with E-state index in [2.05, 4.69) is 38.5 Å². The third-order valence-electron chi connectivity index (χ3n) is 1.06. The number of hydrogen-bond donors (Lipinski definition) is 1. The molecule has 0 unspecified atom stereocenters. The van der Waals surface area contributed by atoms with Gasteiger partial charge in [-0.3, -0.25) is 0 Å². The first-order valence-corrected chi connectivity index (χ1v) is 5.92. The second-order valence-electron chi connectivity index (χ2n) is 1.84. The van der Waals surface area contributed by atoms with Crippen LogP contribution in [0.2, 0.25) is 0 Å². The van der Waals surface area contributed by atoms with Crippen LogP contribution in [0.15, 0.2) is 15.9 Å². The Morgan fingerprint density at radius 3 is 2.90 bits per heavy atom. The number of halogens is 2. The number of aliphatic hydroxyl groups is 1. The molecule has 0 saturated carbocycles. The standard InChI is InChI=1S/C6H6BrIOS/c7-4-1-6(10-3-4)5(9)2-8/h1,3,5,9H,2H2/t5-/m1/s1. The number of alkyl halides is 1. The monoisotopic (exact) mass is 332 g/mol. The molecule has 0 amide bonds. The van der Waals surface area contributed by atoms with Gasteiger partial charge in [-0.2, -0.15) is 0 Å². The maximum atomic E-state index is 9.32. The highest BCUT2D eigenvalue weighted by Gasteiger charge is 2.06. The lowest BCUT2D eigenvalue weighted by atomic mass is 10.3. The molecule has 1 aromatic rings. The largest absolute Gasteiger partial charge is 0.387 e. The first-order valence-electron chi connectivity index (χ1n) is 2.72. The predicted octanol–water partition coefficient (Wildman–Crippen LogP) is 2.98. The topological polar surface area (TPSA) is 20.2 Å². The molecule has 10 heavy (non-hydrogen) atoms. The highest BCUT2D eigenvalue weighted by molar-refractivity contribution is 14.1. The molecule has 1 rings (SSSR count). The van der Waals surface area contributed by atoms with Crippen molar-refractivity contribution in [2.24, 2.45) is 0 Å². The van der Waals surface area contributed by atoms with Crippen molar-refractivity contribution in [2.75, 3.05) is 4.43 Å². The molecule has 4 heteroatoms. The average Bonchev–Trinajstić information content (AvgIpc) is 2.34. The van der Waals surface area contributed by atoms with Gasteiger partial charge >= 0.3 is 0 Å². The molecule has 0 aliphatic rings. The van der Waals surface area contributed by atoms with Gasteiger partial charge in [-0.25, -0.2) is 0 Å². The number of hydrogen-bond acceptors (Lipinski definition) is 2. The summed E-state index contributed by atoms with van der Waals surface area (Å²) in [6.07, 6.45) is -0.295. The molecular formula is C6H6BrIOS. The second kappa shape index (κ2) is 4.04. The molecule has 1 atom stereocenters. The average molecular weight is 333 g/mol. The van der Waals surface area contributed by atoms with Crippen LogP contribution in [0.1, 0.15) is 11.0 Å². The van der Waals surface area contributed by atoms with E-state index < -0.39 is 0 Å². The van der Waals surface area contributed by atoms with Gasteiger partial charge in [0.1, 0.15) is 0 Å². The Hall–Kier alpha value is 0.870. The van der Waals surface area contributed by atoms with Gasteiger partial charge in [-0.1, -0.05) is 22.6 Å². The molecule has 0 aromatic carbocycles. The Kier molecular flexibility index (Phi) is 3.62. The van der Waals surface area contributed by atoms with Crippen LogP contribution in [0.5, 0.6) is 0 Å². The Balaban J connectivity index is 2.74. The second-order valence-corrected chi connectivity index (χ2v) is 4.58. The maximum absolute atomic E-state index is 9.32. The van der Waals surface area contributed by atoms with Crippen LogP contribution in [0, 0.1) is 0 Å². The third-order valence-corrected chi connectivity index (χ3v) is 3.69. The lowest BCUT2D eigenvalue weighted by Crippen LogP contribution is -1.93. The molecule has 1 heterocycles. The lowest BCUT2D eigenvalue weighted by molar-refractivity contribution is 0.211. The Labute approximate surface area is 85.7 Å². The summed E-state index contributed by atoms with van der Waals surface area (Å²) in [5.74, 6) is 0. The van der Waals surface area contributed by atoms with Crippen LogP contribution in [0.3, 0.4) is 0 Å². The zero-order chi connectivity index (χ0) is 7.56. The van der Waals surface area contributed by atoms with Crippen molar-refractivity contribution in [1.29, 1.82) is 0 Å². The predicted molar refractivity (Wildman–Crippen MR) is 55.9 cm³/mol. The summed E-state index contributed by atoms with van der Waals surface area (Å²) in [6.45, 7) is 0. The van der Waals surface area contributed by atoms with Gasteiger partial charge in [0.25, 0.3) is 0 Å². The van der Waals surface area contributed by atoms with Gasteiger partial charge in [-0.05, 0) is 22.0 Å². The van der Waals surface area contributed by atoms with Crippen LogP contribution in [-0.4, -0.2) is 9.53 Å². The first-order chi connectivity index (χ1) is 4.74. The smallest absolute Gasteiger partial charge is 0.0971 e. The Bertz CT molecular complexity index is 213. The van der Waals surface area contributed by atoms with E-state index in [1.807, 2.05) is 11.4 Å². The molecule has 1 N–H and O–H groups in total. The van der Waals surface area contributed by atoms with E-state index in [0.29, 0.717) is 0 Å². The van der Waals surface area contributed by atoms with Crippen LogP contribution in [0.4, 0.5) is 0 Å². The fourth-order valence-electron chi connectivity index (χ4n) is 0.579. The summed E-state index contributed by atoms with van der Waals surface area (Å²) < 4.78 is 1.81. The van der Waals surface area contributed by atoms with Gasteiger partial charge in [0.2, 0.25) is 0 Å². The van der Waals surface area contributed by atoms with Crippen molar-refractivity contribution in [2.45, 2.75) is 6.10 Å². The van der Waals surface area contributed by atoms with Crippen molar-refractivity contribution in [1.82, 2.24) is 0 Å². The molecule has 0 fully saturated rings. The van der Waals surface area contributed by atoms with Crippen LogP contribution < -0.4 is 0 Å². The van der Waals surface area contributed by atoms with Gasteiger partial charge in [0.15, 0.2) is 0 Å². The molecule has 0 saturated heterocycles. The molecule has 0 aliphatic heterocycles. The van der Waals surface area contributed by atoms with E-state index in [1.54, 1.807) is 11.3 Å². The maximum Gasteiger partial charge on any atom is 0.0971 e. The van der Waals surface area contributed by atoms with Gasteiger partial charge in [-0.15, -0.1) is 11.3 Å². The number of rotatable bonds is 2. The van der Waals surface area contributed by atoms with Crippen LogP contribution in [-0.2, 0) is 0 Å². The molecular weight excluding hydrogens is 327 g/mol. The lowest BCUT2D eigenvalue weighted by Gasteiger charge is -2.00. The van der Waals surface area contributed by atoms with Gasteiger partial charge < -0.3 is 5.11 Å². The molecule has 0 spiro atoms. The summed E-state index contributed by atoms with van der Waals surface area (Å²) in [7, 11) is 0. The first kappa shape index (κ1) is 8.96. The normalized spacial score (nSPS) is 13.5. The number of thiophene rings is 1. The minimum absolute atomic E-state index is 0.295. The summed E-state index contributed by atoms with van der Waals surface area (Å²) >= 11 is 7.07. The van der Waals surface area contributed by atoms with E-state index in [0.717, 1.165) is 13.8 Å². The Morgan fingerprint density at radius 1 is 1.80 bits per heavy atom. The minimum atomic E-state index is -0.295. The van der Waals surface area contributed by atoms with Crippen LogP contribution in [0.25, 0.3) is 0 Å². The van der Waals surface area contributed by atoms with Crippen molar-refractivity contribution >= 4 is 49.9 Å². The molecule has 1 nitrogen and oxygen atoms in total. The van der Waals surface area contributed by atoms with Crippen molar-refractivity contribution < 1.29 is 5.11 Å². The summed E-state index contributed by atoms with van der Waals surface area (Å²) in [5.41, 5.74) is 0. The molecule has 0 radical (unpaired) electrons. The molecule has 56 valence electrons. The zero-order valence-corrected chi connectivity index (χ0v) is 9.61. The summed E-state index contributed by atoms with van der Waals surface area (Å²) in [5, 5.41) is 11.3. The summed E-state index contributed by atoms with van der Waals surface area (Å²) in [6, 6.07) is 1.95. The van der Waals surface area contributed by atoms with Gasteiger partial charge in [0.05, 0.1) is 6.10 Å².